The quantitative estimate of drug-likeness (QED) is 0.718. The first-order valence-corrected chi connectivity index (χ1v) is 6.68. The van der Waals surface area contributed by atoms with Gasteiger partial charge in [-0.2, -0.15) is 5.10 Å². The standard InChI is InChI=1S/C15H14N2O3/c1-2-5-12-11(4-1)10-17(16-12)14-7-6-13(20-14)15-18-8-3-9-19-15/h1-2,4-7,10,15H,3,8-9H2. The minimum atomic E-state index is -0.400. The molecule has 0 unspecified atom stereocenters. The maximum atomic E-state index is 5.79. The van der Waals surface area contributed by atoms with Crippen LogP contribution in [0.15, 0.2) is 47.0 Å². The largest absolute Gasteiger partial charge is 0.438 e. The highest BCUT2D eigenvalue weighted by atomic mass is 16.7. The van der Waals surface area contributed by atoms with E-state index in [4.69, 9.17) is 13.9 Å². The molecule has 1 saturated heterocycles. The fourth-order valence-electron chi connectivity index (χ4n) is 2.32. The Morgan fingerprint density at radius 3 is 2.75 bits per heavy atom. The summed E-state index contributed by atoms with van der Waals surface area (Å²) in [6.45, 7) is 1.40. The van der Waals surface area contributed by atoms with Crippen molar-refractivity contribution in [2.45, 2.75) is 12.7 Å². The lowest BCUT2D eigenvalue weighted by Gasteiger charge is -2.20. The second-order valence-electron chi connectivity index (χ2n) is 4.74. The van der Waals surface area contributed by atoms with E-state index in [1.54, 1.807) is 4.68 Å². The minimum Gasteiger partial charge on any atom is -0.438 e. The lowest BCUT2D eigenvalue weighted by atomic mass is 10.3. The first-order valence-electron chi connectivity index (χ1n) is 6.68. The van der Waals surface area contributed by atoms with Crippen molar-refractivity contribution in [3.63, 3.8) is 0 Å². The van der Waals surface area contributed by atoms with Crippen molar-refractivity contribution in [2.24, 2.45) is 0 Å². The summed E-state index contributed by atoms with van der Waals surface area (Å²) in [4.78, 5) is 0. The van der Waals surface area contributed by atoms with Gasteiger partial charge in [-0.05, 0) is 18.6 Å². The monoisotopic (exact) mass is 270 g/mol. The van der Waals surface area contributed by atoms with E-state index in [0.29, 0.717) is 24.9 Å². The van der Waals surface area contributed by atoms with E-state index in [1.807, 2.05) is 42.6 Å². The summed E-state index contributed by atoms with van der Waals surface area (Å²) in [6.07, 6.45) is 2.47. The lowest BCUT2D eigenvalue weighted by molar-refractivity contribution is -0.191. The van der Waals surface area contributed by atoms with Crippen LogP contribution < -0.4 is 0 Å². The number of ether oxygens (including phenoxy) is 2. The summed E-state index contributed by atoms with van der Waals surface area (Å²) in [5.74, 6) is 1.34. The average molecular weight is 270 g/mol. The van der Waals surface area contributed by atoms with Gasteiger partial charge >= 0.3 is 0 Å². The Balaban J connectivity index is 1.66. The maximum absolute atomic E-state index is 5.79. The van der Waals surface area contributed by atoms with Crippen LogP contribution in [0, 0.1) is 0 Å². The SMILES string of the molecule is c1ccc2nn(-c3ccc(C4OCCCO4)o3)cc2c1. The van der Waals surface area contributed by atoms with Gasteiger partial charge in [0.25, 0.3) is 0 Å². The molecule has 20 heavy (non-hydrogen) atoms. The van der Waals surface area contributed by atoms with E-state index in [0.717, 1.165) is 17.3 Å². The van der Waals surface area contributed by atoms with Gasteiger partial charge in [-0.3, -0.25) is 0 Å². The Kier molecular flexibility index (Phi) is 2.79. The fourth-order valence-corrected chi connectivity index (χ4v) is 2.32. The summed E-state index contributed by atoms with van der Waals surface area (Å²) in [7, 11) is 0. The van der Waals surface area contributed by atoms with Crippen molar-refractivity contribution < 1.29 is 13.9 Å². The fraction of sp³-hybridized carbons (Fsp3) is 0.267. The van der Waals surface area contributed by atoms with Crippen LogP contribution in [0.3, 0.4) is 0 Å². The number of aromatic nitrogens is 2. The van der Waals surface area contributed by atoms with Crippen LogP contribution in [0.2, 0.25) is 0 Å². The first kappa shape index (κ1) is 11.7. The summed E-state index contributed by atoms with van der Waals surface area (Å²) in [5.41, 5.74) is 0.940. The number of furan rings is 1. The molecular formula is C15H14N2O3. The number of benzene rings is 1. The smallest absolute Gasteiger partial charge is 0.220 e. The van der Waals surface area contributed by atoms with Crippen LogP contribution in [0.25, 0.3) is 16.8 Å². The first-order chi connectivity index (χ1) is 9.90. The third-order valence-electron chi connectivity index (χ3n) is 3.31. The molecule has 0 aliphatic carbocycles. The Morgan fingerprint density at radius 1 is 1.05 bits per heavy atom. The third kappa shape index (κ3) is 2.01. The lowest BCUT2D eigenvalue weighted by Crippen LogP contribution is -2.17. The topological polar surface area (TPSA) is 49.4 Å². The van der Waals surface area contributed by atoms with Crippen molar-refractivity contribution >= 4 is 10.9 Å². The second-order valence-corrected chi connectivity index (χ2v) is 4.74. The normalized spacial score (nSPS) is 16.8. The summed E-state index contributed by atoms with van der Waals surface area (Å²) < 4.78 is 18.6. The Hall–Kier alpha value is -2.11. The third-order valence-corrected chi connectivity index (χ3v) is 3.31. The molecule has 1 aliphatic heterocycles. The van der Waals surface area contributed by atoms with E-state index in [2.05, 4.69) is 5.10 Å². The molecule has 0 spiro atoms. The second kappa shape index (κ2) is 4.77. The van der Waals surface area contributed by atoms with E-state index < -0.39 is 6.29 Å². The highest BCUT2D eigenvalue weighted by Crippen LogP contribution is 2.26. The van der Waals surface area contributed by atoms with E-state index in [-0.39, 0.29) is 0 Å². The van der Waals surface area contributed by atoms with Crippen LogP contribution in [-0.2, 0) is 9.47 Å². The minimum absolute atomic E-state index is 0.400. The number of hydrogen-bond donors (Lipinski definition) is 0. The zero-order chi connectivity index (χ0) is 13.4. The van der Waals surface area contributed by atoms with Crippen molar-refractivity contribution in [1.29, 1.82) is 0 Å². The van der Waals surface area contributed by atoms with Gasteiger partial charge in [-0.15, -0.1) is 0 Å². The predicted octanol–water partition coefficient (Wildman–Crippen LogP) is 3.05. The van der Waals surface area contributed by atoms with Gasteiger partial charge in [0.05, 0.1) is 18.7 Å². The van der Waals surface area contributed by atoms with Gasteiger partial charge < -0.3 is 13.9 Å². The average Bonchev–Trinajstić information content (AvgIpc) is 3.14. The molecule has 1 aliphatic rings. The molecule has 0 amide bonds. The number of nitrogens with zero attached hydrogens (tertiary/aromatic N) is 2. The molecule has 0 N–H and O–H groups in total. The van der Waals surface area contributed by atoms with Crippen molar-refractivity contribution in [3.8, 4) is 5.88 Å². The van der Waals surface area contributed by atoms with Gasteiger partial charge in [0.1, 0.15) is 0 Å². The zero-order valence-electron chi connectivity index (χ0n) is 10.9. The summed E-state index contributed by atoms with van der Waals surface area (Å²) in [6, 6.07) is 11.7. The highest BCUT2D eigenvalue weighted by molar-refractivity contribution is 5.78. The van der Waals surface area contributed by atoms with Gasteiger partial charge in [-0.25, -0.2) is 4.68 Å². The van der Waals surface area contributed by atoms with Crippen LogP contribution >= 0.6 is 0 Å². The van der Waals surface area contributed by atoms with Gasteiger partial charge in [0, 0.05) is 17.6 Å². The van der Waals surface area contributed by atoms with Gasteiger partial charge in [0.15, 0.2) is 5.76 Å². The molecule has 1 aromatic carbocycles. The molecule has 5 nitrogen and oxygen atoms in total. The molecule has 0 radical (unpaired) electrons. The molecule has 0 saturated carbocycles. The van der Waals surface area contributed by atoms with Crippen LogP contribution in [0.5, 0.6) is 0 Å². The maximum Gasteiger partial charge on any atom is 0.220 e. The van der Waals surface area contributed by atoms with Crippen molar-refractivity contribution in [3.05, 3.63) is 48.4 Å². The molecule has 3 heterocycles. The van der Waals surface area contributed by atoms with Crippen molar-refractivity contribution in [2.75, 3.05) is 13.2 Å². The molecule has 2 aromatic heterocycles. The van der Waals surface area contributed by atoms with Crippen LogP contribution in [-0.4, -0.2) is 23.0 Å². The molecule has 5 heteroatoms. The summed E-state index contributed by atoms with van der Waals surface area (Å²) >= 11 is 0. The zero-order valence-corrected chi connectivity index (χ0v) is 10.9. The predicted molar refractivity (Wildman–Crippen MR) is 72.6 cm³/mol. The Morgan fingerprint density at radius 2 is 1.90 bits per heavy atom. The van der Waals surface area contributed by atoms with E-state index >= 15 is 0 Å². The van der Waals surface area contributed by atoms with E-state index in [9.17, 15) is 0 Å². The number of hydrogen-bond acceptors (Lipinski definition) is 4. The van der Waals surface area contributed by atoms with Gasteiger partial charge in [0.2, 0.25) is 12.2 Å². The van der Waals surface area contributed by atoms with Crippen LogP contribution in [0.4, 0.5) is 0 Å². The molecule has 3 aromatic rings. The molecule has 1 fully saturated rings. The molecular weight excluding hydrogens is 256 g/mol. The number of fused-ring (bicyclic) bond motifs is 1. The highest BCUT2D eigenvalue weighted by Gasteiger charge is 2.20. The molecule has 4 rings (SSSR count). The molecule has 0 atom stereocenters. The molecule has 0 bridgehead atoms. The molecule has 102 valence electrons. The van der Waals surface area contributed by atoms with Gasteiger partial charge in [-0.1, -0.05) is 18.2 Å². The summed E-state index contributed by atoms with van der Waals surface area (Å²) in [5, 5.41) is 5.56. The Bertz CT molecular complexity index is 692. The van der Waals surface area contributed by atoms with Crippen LogP contribution in [0.1, 0.15) is 18.5 Å². The Labute approximate surface area is 115 Å². The van der Waals surface area contributed by atoms with Crippen molar-refractivity contribution in [1.82, 2.24) is 9.78 Å². The number of rotatable bonds is 2. The van der Waals surface area contributed by atoms with E-state index in [1.165, 1.54) is 0 Å².